The molecule has 1 saturated heterocycles. The van der Waals surface area contributed by atoms with Gasteiger partial charge in [0, 0.05) is 24.2 Å². The van der Waals surface area contributed by atoms with Crippen LogP contribution in [0.4, 0.5) is 4.39 Å². The summed E-state index contributed by atoms with van der Waals surface area (Å²) in [6, 6.07) is 23.7. The van der Waals surface area contributed by atoms with E-state index < -0.39 is 37.5 Å². The zero-order chi connectivity index (χ0) is 40.5. The van der Waals surface area contributed by atoms with Gasteiger partial charge < -0.3 is 18.8 Å². The van der Waals surface area contributed by atoms with Crippen molar-refractivity contribution >= 4 is 46.2 Å². The van der Waals surface area contributed by atoms with E-state index in [1.54, 1.807) is 11.8 Å². The third-order valence-corrected chi connectivity index (χ3v) is 17.1. The molecule has 6 aromatic rings. The van der Waals surface area contributed by atoms with Crippen LogP contribution in [-0.4, -0.2) is 76.7 Å². The highest BCUT2D eigenvalue weighted by molar-refractivity contribution is 7.21. The maximum absolute atomic E-state index is 15.1. The molecular formula is C42H47FN6O6SSi. The molecule has 0 N–H and O–H groups in total. The molecule has 0 aliphatic carbocycles. The molecule has 12 nitrogen and oxygen atoms in total. The molecule has 1 unspecified atom stereocenters. The molecular weight excluding hydrogens is 764 g/mol. The van der Waals surface area contributed by atoms with E-state index in [2.05, 4.69) is 55.2 Å². The summed E-state index contributed by atoms with van der Waals surface area (Å²) in [7, 11) is -1.44. The van der Waals surface area contributed by atoms with E-state index >= 15 is 4.39 Å². The van der Waals surface area contributed by atoms with E-state index in [9.17, 15) is 14.4 Å². The molecule has 0 saturated carbocycles. The number of carbonyl (C=O) groups is 1. The molecule has 1 aliphatic rings. The Hall–Kier alpha value is -5.22. The quantitative estimate of drug-likeness (QED) is 0.106. The van der Waals surface area contributed by atoms with Crippen molar-refractivity contribution in [3.63, 3.8) is 0 Å². The first-order chi connectivity index (χ1) is 27.4. The van der Waals surface area contributed by atoms with Gasteiger partial charge in [0.05, 0.1) is 44.6 Å². The molecule has 0 radical (unpaired) electrons. The number of methoxy groups -OCH3 is 1. The predicted octanol–water partition coefficient (Wildman–Crippen LogP) is 5.39. The third-order valence-electron chi connectivity index (χ3n) is 10.8. The third kappa shape index (κ3) is 7.28. The van der Waals surface area contributed by atoms with Gasteiger partial charge in [0.25, 0.3) is 13.9 Å². The van der Waals surface area contributed by atoms with Gasteiger partial charge in [0.1, 0.15) is 33.5 Å². The predicted molar refractivity (Wildman–Crippen MR) is 221 cm³/mol. The first-order valence-electron chi connectivity index (χ1n) is 19.0. The zero-order valence-electron chi connectivity index (χ0n) is 33.0. The molecule has 15 heteroatoms. The summed E-state index contributed by atoms with van der Waals surface area (Å²) in [6.07, 6.45) is 2.41. The Balaban J connectivity index is 1.32. The van der Waals surface area contributed by atoms with Gasteiger partial charge >= 0.3 is 5.69 Å². The van der Waals surface area contributed by atoms with Gasteiger partial charge in [0.2, 0.25) is 5.91 Å². The van der Waals surface area contributed by atoms with E-state index in [0.717, 1.165) is 14.9 Å². The smallest absolute Gasteiger partial charge is 0.332 e. The number of fused-ring (bicyclic) bond motifs is 1. The Morgan fingerprint density at radius 3 is 2.18 bits per heavy atom. The number of aromatic nitrogens is 5. The Bertz CT molecular complexity index is 2440. The second-order valence-corrected chi connectivity index (χ2v) is 20.4. The number of thiophene rings is 1. The number of halogens is 1. The van der Waals surface area contributed by atoms with Crippen molar-refractivity contribution in [2.45, 2.75) is 64.8 Å². The van der Waals surface area contributed by atoms with Crippen molar-refractivity contribution in [3.8, 4) is 10.8 Å². The number of nitrogens with zero attached hydrogens (tertiary/aromatic N) is 6. The number of hydrogen-bond donors (Lipinski definition) is 0. The minimum Gasteiger partial charge on any atom is -0.496 e. The average Bonchev–Trinajstić information content (AvgIpc) is 3.95. The van der Waals surface area contributed by atoms with Crippen LogP contribution >= 0.6 is 11.3 Å². The Labute approximate surface area is 335 Å². The minimum atomic E-state index is -2.93. The maximum atomic E-state index is 15.1. The van der Waals surface area contributed by atoms with Gasteiger partial charge in [-0.25, -0.2) is 13.8 Å². The SMILES string of the molecule is CCN1CCC(n2c(=O)c3c(C)c(-n4nccn4)sc3n(C[C@H](OCCO[Si](c3ccccc3)(c3ccccc3)C(C)(C)C)c3cc(F)ccc3OC)c2=O)C1=O. The van der Waals surface area contributed by atoms with Crippen molar-refractivity contribution in [2.24, 2.45) is 0 Å². The number of likely N-dealkylation sites (tertiary alicyclic amines) is 1. The van der Waals surface area contributed by atoms with Crippen molar-refractivity contribution in [3.05, 3.63) is 129 Å². The number of benzene rings is 3. The van der Waals surface area contributed by atoms with Crippen molar-refractivity contribution < 1.29 is 23.1 Å². The monoisotopic (exact) mass is 810 g/mol. The van der Waals surface area contributed by atoms with E-state index in [-0.39, 0.29) is 36.1 Å². The summed E-state index contributed by atoms with van der Waals surface area (Å²) >= 11 is 1.19. The van der Waals surface area contributed by atoms with Crippen LogP contribution < -0.4 is 26.4 Å². The van der Waals surface area contributed by atoms with Crippen molar-refractivity contribution in [1.82, 2.24) is 29.0 Å². The molecule has 1 fully saturated rings. The lowest BCUT2D eigenvalue weighted by Gasteiger charge is -2.43. The molecule has 3 aromatic heterocycles. The first kappa shape index (κ1) is 40.0. The van der Waals surface area contributed by atoms with Crippen LogP contribution in [0.5, 0.6) is 5.75 Å². The van der Waals surface area contributed by atoms with Gasteiger partial charge in [0.15, 0.2) is 0 Å². The van der Waals surface area contributed by atoms with E-state index in [1.165, 1.54) is 58.4 Å². The molecule has 7 rings (SSSR count). The standard InChI is InChI=1S/C42H47FN6O6SSi/c1-7-46-23-20-33(37(46)50)48-38(51)36-28(2)39(49-44-21-22-45-49)56-40(36)47(41(48)52)27-35(32-26-29(43)18-19-34(32)53-6)54-24-25-55-57(42(3,4)5,30-14-10-8-11-15-30)31-16-12-9-13-17-31/h8-19,21-22,26,33,35H,7,20,23-25,27H2,1-6H3/t33?,35-/m0/s1. The largest absolute Gasteiger partial charge is 0.496 e. The summed E-state index contributed by atoms with van der Waals surface area (Å²) in [5.74, 6) is -0.439. The summed E-state index contributed by atoms with van der Waals surface area (Å²) in [5.41, 5.74) is -0.292. The molecule has 1 aliphatic heterocycles. The molecule has 57 heavy (non-hydrogen) atoms. The average molecular weight is 811 g/mol. The van der Waals surface area contributed by atoms with Crippen LogP contribution in [0.2, 0.25) is 5.04 Å². The topological polar surface area (TPSA) is 123 Å². The summed E-state index contributed by atoms with van der Waals surface area (Å²) in [6.45, 7) is 11.2. The number of amides is 1. The molecule has 2 atom stereocenters. The second-order valence-electron chi connectivity index (χ2n) is 15.1. The molecule has 4 heterocycles. The fraction of sp³-hybridized carbons (Fsp3) is 0.357. The molecule has 0 bridgehead atoms. The highest BCUT2D eigenvalue weighted by Gasteiger charge is 2.50. The number of likely N-dealkylation sites (N-methyl/N-ethyl adjacent to an activating group) is 1. The van der Waals surface area contributed by atoms with Gasteiger partial charge in [-0.05, 0) is 53.9 Å². The van der Waals surface area contributed by atoms with Gasteiger partial charge in [-0.15, -0.1) is 4.80 Å². The van der Waals surface area contributed by atoms with E-state index in [4.69, 9.17) is 13.9 Å². The van der Waals surface area contributed by atoms with Gasteiger partial charge in [-0.3, -0.25) is 14.2 Å². The lowest BCUT2D eigenvalue weighted by molar-refractivity contribution is -0.130. The number of aryl methyl sites for hydroxylation is 1. The molecule has 0 spiro atoms. The lowest BCUT2D eigenvalue weighted by Crippen LogP contribution is -2.66. The number of hydrogen-bond acceptors (Lipinski definition) is 9. The van der Waals surface area contributed by atoms with E-state index in [0.29, 0.717) is 46.2 Å². The molecule has 298 valence electrons. The Kier molecular flexibility index (Phi) is 11.5. The van der Waals surface area contributed by atoms with Crippen molar-refractivity contribution in [2.75, 3.05) is 33.4 Å². The summed E-state index contributed by atoms with van der Waals surface area (Å²) < 4.78 is 37.1. The number of ether oxygens (including phenoxy) is 2. The van der Waals surface area contributed by atoms with Crippen LogP contribution in [-0.2, 0) is 20.5 Å². The normalized spacial score (nSPS) is 15.5. The fourth-order valence-corrected chi connectivity index (χ4v) is 13.9. The van der Waals surface area contributed by atoms with Gasteiger partial charge in [-0.1, -0.05) is 92.8 Å². The van der Waals surface area contributed by atoms with Crippen LogP contribution in [0.15, 0.2) is 101 Å². The lowest BCUT2D eigenvalue weighted by atomic mass is 10.1. The van der Waals surface area contributed by atoms with Crippen LogP contribution in [0.3, 0.4) is 0 Å². The summed E-state index contributed by atoms with van der Waals surface area (Å²) in [5, 5.41) is 11.4. The molecule has 3 aromatic carbocycles. The first-order valence-corrected chi connectivity index (χ1v) is 21.8. The fourth-order valence-electron chi connectivity index (χ4n) is 8.09. The zero-order valence-corrected chi connectivity index (χ0v) is 34.8. The van der Waals surface area contributed by atoms with Crippen LogP contribution in [0, 0.1) is 12.7 Å². The van der Waals surface area contributed by atoms with E-state index in [1.807, 2.05) is 43.3 Å². The Morgan fingerprint density at radius 1 is 0.947 bits per heavy atom. The van der Waals surface area contributed by atoms with Gasteiger partial charge in [-0.2, -0.15) is 10.2 Å². The maximum Gasteiger partial charge on any atom is 0.332 e. The highest BCUT2D eigenvalue weighted by atomic mass is 32.1. The second kappa shape index (κ2) is 16.3. The summed E-state index contributed by atoms with van der Waals surface area (Å²) in [4.78, 5) is 46.1. The minimum absolute atomic E-state index is 0.0743. The Morgan fingerprint density at radius 2 is 1.60 bits per heavy atom. The number of carbonyl (C=O) groups excluding carboxylic acids is 1. The van der Waals surface area contributed by atoms with Crippen LogP contribution in [0.25, 0.3) is 15.2 Å². The van der Waals surface area contributed by atoms with Crippen molar-refractivity contribution in [1.29, 1.82) is 0 Å². The molecule has 1 amide bonds. The van der Waals surface area contributed by atoms with Crippen LogP contribution in [0.1, 0.15) is 57.4 Å². The number of rotatable bonds is 14. The highest BCUT2D eigenvalue weighted by Crippen LogP contribution is 2.38.